The van der Waals surface area contributed by atoms with Crippen molar-refractivity contribution in [3.63, 3.8) is 0 Å². The van der Waals surface area contributed by atoms with Crippen LogP contribution in [0.1, 0.15) is 35.6 Å². The van der Waals surface area contributed by atoms with Crippen molar-refractivity contribution in [2.45, 2.75) is 44.1 Å². The molecule has 5 nitrogen and oxygen atoms in total. The van der Waals surface area contributed by atoms with Gasteiger partial charge in [-0.2, -0.15) is 0 Å². The minimum atomic E-state index is -0.392. The zero-order valence-electron chi connectivity index (χ0n) is 15.6. The molecule has 2 aromatic carbocycles. The van der Waals surface area contributed by atoms with E-state index >= 15 is 0 Å². The molecule has 2 aliphatic rings. The van der Waals surface area contributed by atoms with Crippen LogP contribution in [0, 0.1) is 0 Å². The Labute approximate surface area is 160 Å². The van der Waals surface area contributed by atoms with Crippen LogP contribution >= 0.6 is 0 Å². The first kappa shape index (κ1) is 18.0. The van der Waals surface area contributed by atoms with Gasteiger partial charge in [0, 0.05) is 13.1 Å². The van der Waals surface area contributed by atoms with Crippen molar-refractivity contribution in [3.8, 4) is 5.75 Å². The second-order valence-corrected chi connectivity index (χ2v) is 7.29. The Bertz CT molecular complexity index is 808. The molecule has 0 bridgehead atoms. The van der Waals surface area contributed by atoms with Gasteiger partial charge in [0.25, 0.3) is 5.91 Å². The topological polar surface area (TPSA) is 64.8 Å². The van der Waals surface area contributed by atoms with Crippen molar-refractivity contribution in [3.05, 3.63) is 65.2 Å². The number of hydrogen-bond acceptors (Lipinski definition) is 4. The van der Waals surface area contributed by atoms with E-state index in [1.54, 1.807) is 7.11 Å². The molecule has 5 heteroatoms. The van der Waals surface area contributed by atoms with E-state index in [0.29, 0.717) is 13.1 Å². The summed E-state index contributed by atoms with van der Waals surface area (Å²) in [4.78, 5) is 15.3. The molecule has 0 spiro atoms. The molecule has 0 aromatic heterocycles. The molecule has 27 heavy (non-hydrogen) atoms. The van der Waals surface area contributed by atoms with Crippen molar-refractivity contribution in [1.29, 1.82) is 0 Å². The SMILES string of the molecule is COc1ccc2c(c1)CN(C(=O)[C@@H]1CC[C@H](CN)O1)C(c1ccccc1)C2. The van der Waals surface area contributed by atoms with Crippen molar-refractivity contribution in [1.82, 2.24) is 4.90 Å². The lowest BCUT2D eigenvalue weighted by Gasteiger charge is -2.38. The average Bonchev–Trinajstić information content (AvgIpc) is 3.22. The Morgan fingerprint density at radius 2 is 2.00 bits per heavy atom. The molecule has 2 aliphatic heterocycles. The molecule has 1 saturated heterocycles. The highest BCUT2D eigenvalue weighted by molar-refractivity contribution is 5.82. The highest BCUT2D eigenvalue weighted by Crippen LogP contribution is 2.36. The van der Waals surface area contributed by atoms with Gasteiger partial charge in [-0.15, -0.1) is 0 Å². The van der Waals surface area contributed by atoms with Crippen LogP contribution in [0.25, 0.3) is 0 Å². The highest BCUT2D eigenvalue weighted by atomic mass is 16.5. The molecular weight excluding hydrogens is 340 g/mol. The van der Waals surface area contributed by atoms with E-state index in [-0.39, 0.29) is 18.1 Å². The molecule has 3 atom stereocenters. The first-order chi connectivity index (χ1) is 13.2. The third kappa shape index (κ3) is 3.57. The third-order valence-electron chi connectivity index (χ3n) is 5.66. The molecule has 2 N–H and O–H groups in total. The lowest BCUT2D eigenvalue weighted by atomic mass is 9.89. The van der Waals surface area contributed by atoms with E-state index in [4.69, 9.17) is 15.2 Å². The van der Waals surface area contributed by atoms with Crippen LogP contribution in [0.15, 0.2) is 48.5 Å². The van der Waals surface area contributed by atoms with Gasteiger partial charge in [0.15, 0.2) is 0 Å². The van der Waals surface area contributed by atoms with Crippen LogP contribution in [0.5, 0.6) is 5.75 Å². The Morgan fingerprint density at radius 1 is 1.19 bits per heavy atom. The Morgan fingerprint density at radius 3 is 2.70 bits per heavy atom. The Kier molecular flexibility index (Phi) is 5.14. The molecule has 2 heterocycles. The number of nitrogens with two attached hydrogens (primary N) is 1. The van der Waals surface area contributed by atoms with Crippen molar-refractivity contribution in [2.24, 2.45) is 5.73 Å². The predicted molar refractivity (Wildman–Crippen MR) is 103 cm³/mol. The van der Waals surface area contributed by atoms with E-state index in [0.717, 1.165) is 36.1 Å². The number of benzene rings is 2. The fourth-order valence-corrected chi connectivity index (χ4v) is 4.14. The number of methoxy groups -OCH3 is 1. The summed E-state index contributed by atoms with van der Waals surface area (Å²) in [7, 11) is 1.67. The summed E-state index contributed by atoms with van der Waals surface area (Å²) >= 11 is 0. The largest absolute Gasteiger partial charge is 0.497 e. The maximum atomic E-state index is 13.3. The van der Waals surface area contributed by atoms with E-state index in [1.807, 2.05) is 35.2 Å². The highest BCUT2D eigenvalue weighted by Gasteiger charge is 2.38. The van der Waals surface area contributed by atoms with E-state index in [1.165, 1.54) is 5.56 Å². The lowest BCUT2D eigenvalue weighted by Crippen LogP contribution is -2.44. The van der Waals surface area contributed by atoms with E-state index < -0.39 is 6.10 Å². The monoisotopic (exact) mass is 366 g/mol. The molecular formula is C22H26N2O3. The number of ether oxygens (including phenoxy) is 2. The molecule has 1 unspecified atom stereocenters. The van der Waals surface area contributed by atoms with E-state index in [2.05, 4.69) is 18.2 Å². The fourth-order valence-electron chi connectivity index (χ4n) is 4.14. The summed E-state index contributed by atoms with van der Waals surface area (Å²) in [5.74, 6) is 0.882. The maximum absolute atomic E-state index is 13.3. The number of fused-ring (bicyclic) bond motifs is 1. The van der Waals surface area contributed by atoms with Crippen molar-refractivity contribution < 1.29 is 14.3 Å². The Hall–Kier alpha value is -2.37. The fraction of sp³-hybridized carbons (Fsp3) is 0.409. The average molecular weight is 366 g/mol. The quantitative estimate of drug-likeness (QED) is 0.904. The van der Waals surface area contributed by atoms with Gasteiger partial charge < -0.3 is 20.1 Å². The second-order valence-electron chi connectivity index (χ2n) is 7.29. The zero-order valence-corrected chi connectivity index (χ0v) is 15.6. The normalized spacial score (nSPS) is 24.5. The second kappa shape index (κ2) is 7.71. The molecule has 4 rings (SSSR count). The van der Waals surface area contributed by atoms with Crippen molar-refractivity contribution >= 4 is 5.91 Å². The van der Waals surface area contributed by atoms with Gasteiger partial charge >= 0.3 is 0 Å². The molecule has 0 aliphatic carbocycles. The molecule has 1 fully saturated rings. The van der Waals surface area contributed by atoms with Crippen LogP contribution in [-0.2, 0) is 22.5 Å². The summed E-state index contributed by atoms with van der Waals surface area (Å²) in [6.07, 6.45) is 1.98. The molecule has 2 aromatic rings. The van der Waals surface area contributed by atoms with Gasteiger partial charge in [0.1, 0.15) is 11.9 Å². The van der Waals surface area contributed by atoms with Gasteiger partial charge in [-0.3, -0.25) is 4.79 Å². The summed E-state index contributed by atoms with van der Waals surface area (Å²) in [5.41, 5.74) is 9.28. The summed E-state index contributed by atoms with van der Waals surface area (Å²) in [6, 6.07) is 16.4. The van der Waals surface area contributed by atoms with Crippen LogP contribution in [0.2, 0.25) is 0 Å². The summed E-state index contributed by atoms with van der Waals surface area (Å²) in [6.45, 7) is 1.03. The molecule has 1 amide bonds. The first-order valence-electron chi connectivity index (χ1n) is 9.56. The van der Waals surface area contributed by atoms with Gasteiger partial charge in [0.05, 0.1) is 19.3 Å². The predicted octanol–water partition coefficient (Wildman–Crippen LogP) is 2.83. The third-order valence-corrected chi connectivity index (χ3v) is 5.66. The number of amides is 1. The smallest absolute Gasteiger partial charge is 0.252 e. The first-order valence-corrected chi connectivity index (χ1v) is 9.56. The molecule has 0 saturated carbocycles. The van der Waals surface area contributed by atoms with Gasteiger partial charge in [-0.1, -0.05) is 36.4 Å². The lowest BCUT2D eigenvalue weighted by molar-refractivity contribution is -0.146. The standard InChI is InChI=1S/C22H26N2O3/c1-26-18-8-7-16-12-20(15-5-3-2-4-6-15)24(14-17(16)11-18)22(25)21-10-9-19(13-23)27-21/h2-8,11,19-21H,9-10,12-14,23H2,1H3/t19-,20?,21+/m1/s1. The number of rotatable bonds is 4. The van der Waals surface area contributed by atoms with Gasteiger partial charge in [0.2, 0.25) is 0 Å². The number of carbonyl (C=O) groups is 1. The minimum Gasteiger partial charge on any atom is -0.497 e. The minimum absolute atomic E-state index is 0.00806. The number of carbonyl (C=O) groups excluding carboxylic acids is 1. The van der Waals surface area contributed by atoms with E-state index in [9.17, 15) is 4.79 Å². The zero-order chi connectivity index (χ0) is 18.8. The van der Waals surface area contributed by atoms with Crippen LogP contribution in [0.3, 0.4) is 0 Å². The van der Waals surface area contributed by atoms with Gasteiger partial charge in [-0.25, -0.2) is 0 Å². The summed E-state index contributed by atoms with van der Waals surface area (Å²) < 4.78 is 11.3. The van der Waals surface area contributed by atoms with Gasteiger partial charge in [-0.05, 0) is 48.1 Å². The number of hydrogen-bond donors (Lipinski definition) is 1. The van der Waals surface area contributed by atoms with Crippen LogP contribution < -0.4 is 10.5 Å². The Balaban J connectivity index is 1.66. The van der Waals surface area contributed by atoms with Crippen LogP contribution in [0.4, 0.5) is 0 Å². The molecule has 142 valence electrons. The van der Waals surface area contributed by atoms with Crippen molar-refractivity contribution in [2.75, 3.05) is 13.7 Å². The maximum Gasteiger partial charge on any atom is 0.252 e. The molecule has 0 radical (unpaired) electrons. The van der Waals surface area contributed by atoms with Crippen LogP contribution in [-0.4, -0.2) is 36.7 Å². The number of nitrogens with zero attached hydrogens (tertiary/aromatic N) is 1. The summed E-state index contributed by atoms with van der Waals surface area (Å²) in [5, 5.41) is 0.